The number of thioether (sulfide) groups is 1. The number of benzene rings is 1. The normalized spacial score (nSPS) is 17.1. The predicted molar refractivity (Wildman–Crippen MR) is 86.3 cm³/mol. The predicted octanol–water partition coefficient (Wildman–Crippen LogP) is 2.64. The highest BCUT2D eigenvalue weighted by atomic mass is 32.2. The number of amides is 1. The van der Waals surface area contributed by atoms with Crippen molar-refractivity contribution in [2.24, 2.45) is 0 Å². The summed E-state index contributed by atoms with van der Waals surface area (Å²) in [6.07, 6.45) is 3.47. The van der Waals surface area contributed by atoms with Crippen molar-refractivity contribution in [2.75, 3.05) is 18.8 Å². The first-order chi connectivity index (χ1) is 10.1. The van der Waals surface area contributed by atoms with Crippen LogP contribution in [0.1, 0.15) is 26.2 Å². The molecule has 0 spiro atoms. The van der Waals surface area contributed by atoms with Gasteiger partial charge in [0.15, 0.2) is 5.16 Å². The number of nitrogen functional groups attached to an aromatic ring is 1. The Bertz CT molecular complexity index is 648. The average Bonchev–Trinajstić information content (AvgIpc) is 2.88. The van der Waals surface area contributed by atoms with E-state index in [-0.39, 0.29) is 11.2 Å². The minimum absolute atomic E-state index is 0.124. The molecule has 1 aliphatic heterocycles. The number of nitrogens with one attached hydrogen (secondary N) is 1. The number of aromatic amines is 1. The number of rotatable bonds is 3. The van der Waals surface area contributed by atoms with Gasteiger partial charge in [0.1, 0.15) is 0 Å². The Morgan fingerprint density at radius 2 is 2.14 bits per heavy atom. The molecule has 0 radical (unpaired) electrons. The van der Waals surface area contributed by atoms with Gasteiger partial charge >= 0.3 is 0 Å². The first-order valence-corrected chi connectivity index (χ1v) is 8.22. The molecule has 1 aliphatic rings. The number of carbonyl (C=O) groups excluding carboxylic acids is 1. The molecule has 1 atom stereocenters. The third kappa shape index (κ3) is 3.15. The highest BCUT2D eigenvalue weighted by Crippen LogP contribution is 2.26. The van der Waals surface area contributed by atoms with Gasteiger partial charge in [-0.2, -0.15) is 0 Å². The third-order valence-corrected chi connectivity index (χ3v) is 4.76. The van der Waals surface area contributed by atoms with Gasteiger partial charge in [-0.1, -0.05) is 11.8 Å². The lowest BCUT2D eigenvalue weighted by Crippen LogP contribution is -2.40. The van der Waals surface area contributed by atoms with Crippen LogP contribution >= 0.6 is 11.8 Å². The lowest BCUT2D eigenvalue weighted by Gasteiger charge is -2.28. The van der Waals surface area contributed by atoms with Crippen molar-refractivity contribution in [1.29, 1.82) is 0 Å². The van der Waals surface area contributed by atoms with E-state index in [0.29, 0.717) is 5.69 Å². The fraction of sp³-hybridized carbons (Fsp3) is 0.467. The minimum Gasteiger partial charge on any atom is -0.399 e. The molecule has 2 heterocycles. The van der Waals surface area contributed by atoms with Gasteiger partial charge in [-0.15, -0.1) is 0 Å². The van der Waals surface area contributed by atoms with Crippen LogP contribution in [0.5, 0.6) is 0 Å². The third-order valence-electron chi connectivity index (χ3n) is 3.79. The van der Waals surface area contributed by atoms with Crippen LogP contribution in [0, 0.1) is 0 Å². The number of piperidine rings is 1. The zero-order chi connectivity index (χ0) is 14.8. The van der Waals surface area contributed by atoms with Gasteiger partial charge in [0, 0.05) is 18.8 Å². The van der Waals surface area contributed by atoms with E-state index in [4.69, 9.17) is 5.73 Å². The molecule has 1 aromatic carbocycles. The Morgan fingerprint density at radius 3 is 2.90 bits per heavy atom. The lowest BCUT2D eigenvalue weighted by atomic mass is 10.1. The standard InChI is InChI=1S/C15H20N4OS/c1-10(14(20)19-7-3-2-4-8-19)21-15-17-12-6-5-11(16)9-13(12)18-15/h5-6,9-10H,2-4,7-8,16H2,1H3,(H,17,18). The number of hydrogen-bond acceptors (Lipinski definition) is 4. The van der Waals surface area contributed by atoms with Crippen LogP contribution in [0.15, 0.2) is 23.4 Å². The summed E-state index contributed by atoms with van der Waals surface area (Å²) in [4.78, 5) is 22.1. The zero-order valence-electron chi connectivity index (χ0n) is 12.1. The van der Waals surface area contributed by atoms with E-state index < -0.39 is 0 Å². The summed E-state index contributed by atoms with van der Waals surface area (Å²) < 4.78 is 0. The smallest absolute Gasteiger partial charge is 0.235 e. The molecule has 1 aromatic heterocycles. The molecule has 112 valence electrons. The Balaban J connectivity index is 1.70. The number of aromatic nitrogens is 2. The number of anilines is 1. The maximum atomic E-state index is 12.4. The molecule has 5 nitrogen and oxygen atoms in total. The molecule has 3 N–H and O–H groups in total. The van der Waals surface area contributed by atoms with E-state index >= 15 is 0 Å². The average molecular weight is 304 g/mol. The van der Waals surface area contributed by atoms with Crippen molar-refractivity contribution in [3.63, 3.8) is 0 Å². The van der Waals surface area contributed by atoms with Gasteiger partial charge in [-0.3, -0.25) is 4.79 Å². The van der Waals surface area contributed by atoms with E-state index in [1.807, 2.05) is 30.0 Å². The summed E-state index contributed by atoms with van der Waals surface area (Å²) in [5.41, 5.74) is 8.26. The Hall–Kier alpha value is -1.69. The largest absolute Gasteiger partial charge is 0.399 e. The molecular weight excluding hydrogens is 284 g/mol. The van der Waals surface area contributed by atoms with Crippen molar-refractivity contribution in [2.45, 2.75) is 36.6 Å². The molecule has 1 amide bonds. The van der Waals surface area contributed by atoms with Gasteiger partial charge in [0.25, 0.3) is 0 Å². The number of fused-ring (bicyclic) bond motifs is 1. The number of imidazole rings is 1. The second-order valence-electron chi connectivity index (χ2n) is 5.46. The van der Waals surface area contributed by atoms with Crippen LogP contribution in [0.25, 0.3) is 11.0 Å². The fourth-order valence-electron chi connectivity index (χ4n) is 2.65. The topological polar surface area (TPSA) is 75.0 Å². The summed E-state index contributed by atoms with van der Waals surface area (Å²) in [6, 6.07) is 5.59. The number of hydrogen-bond donors (Lipinski definition) is 2. The van der Waals surface area contributed by atoms with Crippen molar-refractivity contribution in [1.82, 2.24) is 14.9 Å². The molecule has 2 aromatic rings. The van der Waals surface area contributed by atoms with E-state index in [2.05, 4.69) is 9.97 Å². The van der Waals surface area contributed by atoms with Crippen molar-refractivity contribution in [3.05, 3.63) is 18.2 Å². The van der Waals surface area contributed by atoms with E-state index in [0.717, 1.165) is 42.1 Å². The summed E-state index contributed by atoms with van der Waals surface area (Å²) in [6.45, 7) is 3.73. The van der Waals surface area contributed by atoms with Crippen LogP contribution in [-0.2, 0) is 4.79 Å². The monoisotopic (exact) mass is 304 g/mol. The molecule has 1 fully saturated rings. The zero-order valence-corrected chi connectivity index (χ0v) is 12.9. The second kappa shape index (κ2) is 5.97. The van der Waals surface area contributed by atoms with Crippen molar-refractivity contribution >= 4 is 34.4 Å². The Labute approximate surface area is 128 Å². The van der Waals surface area contributed by atoms with Gasteiger partial charge in [0.05, 0.1) is 16.3 Å². The maximum Gasteiger partial charge on any atom is 0.235 e. The molecule has 0 bridgehead atoms. The van der Waals surface area contributed by atoms with Gasteiger partial charge in [0.2, 0.25) is 5.91 Å². The molecule has 0 aliphatic carbocycles. The van der Waals surface area contributed by atoms with Gasteiger partial charge in [-0.05, 0) is 44.4 Å². The van der Waals surface area contributed by atoms with Crippen LogP contribution < -0.4 is 5.73 Å². The first-order valence-electron chi connectivity index (χ1n) is 7.34. The lowest BCUT2D eigenvalue weighted by molar-refractivity contribution is -0.131. The summed E-state index contributed by atoms with van der Waals surface area (Å²) in [5.74, 6) is 0.208. The molecule has 3 rings (SSSR count). The highest BCUT2D eigenvalue weighted by Gasteiger charge is 2.23. The molecular formula is C15H20N4OS. The van der Waals surface area contributed by atoms with Crippen LogP contribution in [0.4, 0.5) is 5.69 Å². The Morgan fingerprint density at radius 1 is 1.38 bits per heavy atom. The highest BCUT2D eigenvalue weighted by molar-refractivity contribution is 8.00. The minimum atomic E-state index is -0.124. The molecule has 0 saturated carbocycles. The number of likely N-dealkylation sites (tertiary alicyclic amines) is 1. The molecule has 1 unspecified atom stereocenters. The Kier molecular flexibility index (Phi) is 4.05. The summed E-state index contributed by atoms with van der Waals surface area (Å²) in [7, 11) is 0. The fourth-order valence-corrected chi connectivity index (χ4v) is 3.55. The van der Waals surface area contributed by atoms with E-state index in [1.54, 1.807) is 0 Å². The van der Waals surface area contributed by atoms with E-state index in [9.17, 15) is 4.79 Å². The quantitative estimate of drug-likeness (QED) is 0.675. The number of nitrogens with two attached hydrogens (primary N) is 1. The first kappa shape index (κ1) is 14.3. The van der Waals surface area contributed by atoms with Crippen LogP contribution in [0.3, 0.4) is 0 Å². The second-order valence-corrected chi connectivity index (χ2v) is 6.79. The van der Waals surface area contributed by atoms with E-state index in [1.165, 1.54) is 18.2 Å². The number of nitrogens with zero attached hydrogens (tertiary/aromatic N) is 2. The van der Waals surface area contributed by atoms with Crippen LogP contribution in [-0.4, -0.2) is 39.1 Å². The van der Waals surface area contributed by atoms with Crippen molar-refractivity contribution in [3.8, 4) is 0 Å². The SMILES string of the molecule is CC(Sc1nc2ccc(N)cc2[nH]1)C(=O)N1CCCCC1. The maximum absolute atomic E-state index is 12.4. The molecule has 21 heavy (non-hydrogen) atoms. The summed E-state index contributed by atoms with van der Waals surface area (Å²) in [5, 5.41) is 0.648. The number of H-pyrrole nitrogens is 1. The molecule has 6 heteroatoms. The number of carbonyl (C=O) groups is 1. The molecule has 1 saturated heterocycles. The van der Waals surface area contributed by atoms with Crippen LogP contribution in [0.2, 0.25) is 0 Å². The van der Waals surface area contributed by atoms with Gasteiger partial charge < -0.3 is 15.6 Å². The summed E-state index contributed by atoms with van der Waals surface area (Å²) >= 11 is 1.48. The van der Waals surface area contributed by atoms with Crippen molar-refractivity contribution < 1.29 is 4.79 Å². The van der Waals surface area contributed by atoms with Gasteiger partial charge in [-0.25, -0.2) is 4.98 Å².